The molecule has 23 heavy (non-hydrogen) atoms. The standard InChI is InChI=1S/C15H17N3O5/c1-15(9-16,10-3-4-10)17-14(19)8-23-13-6-5-11(22-2)7-12(13)18(20)21/h5-7,10H,3-4,8H2,1-2H3,(H,17,19)/t15-/m0/s1. The van der Waals surface area contributed by atoms with Crippen LogP contribution in [0.25, 0.3) is 0 Å². The van der Waals surface area contributed by atoms with Gasteiger partial charge in [0.05, 0.1) is 24.2 Å². The van der Waals surface area contributed by atoms with Crippen molar-refractivity contribution in [1.82, 2.24) is 5.32 Å². The van der Waals surface area contributed by atoms with E-state index in [-0.39, 0.29) is 17.4 Å². The number of benzene rings is 1. The van der Waals surface area contributed by atoms with E-state index in [9.17, 15) is 20.2 Å². The molecule has 0 unspecified atom stereocenters. The number of nitro groups is 1. The van der Waals surface area contributed by atoms with Crippen molar-refractivity contribution in [3.05, 3.63) is 28.3 Å². The van der Waals surface area contributed by atoms with Crippen LogP contribution in [0.4, 0.5) is 5.69 Å². The van der Waals surface area contributed by atoms with Crippen molar-refractivity contribution in [2.45, 2.75) is 25.3 Å². The maximum absolute atomic E-state index is 11.9. The van der Waals surface area contributed by atoms with Gasteiger partial charge in [0.25, 0.3) is 5.91 Å². The van der Waals surface area contributed by atoms with Gasteiger partial charge in [-0.1, -0.05) is 0 Å². The second-order valence-electron chi connectivity index (χ2n) is 5.52. The van der Waals surface area contributed by atoms with E-state index in [0.717, 1.165) is 12.8 Å². The number of hydrogen-bond donors (Lipinski definition) is 1. The summed E-state index contributed by atoms with van der Waals surface area (Å²) in [4.78, 5) is 22.4. The molecule has 0 heterocycles. The predicted molar refractivity (Wildman–Crippen MR) is 80.0 cm³/mol. The third-order valence-corrected chi connectivity index (χ3v) is 3.75. The highest BCUT2D eigenvalue weighted by atomic mass is 16.6. The first-order chi connectivity index (χ1) is 10.9. The average Bonchev–Trinajstić information content (AvgIpc) is 3.37. The molecule has 0 aromatic heterocycles. The summed E-state index contributed by atoms with van der Waals surface area (Å²) in [5.41, 5.74) is -1.21. The predicted octanol–water partition coefficient (Wildman–Crippen LogP) is 1.79. The van der Waals surface area contributed by atoms with E-state index in [4.69, 9.17) is 9.47 Å². The van der Waals surface area contributed by atoms with Crippen LogP contribution in [0.5, 0.6) is 11.5 Å². The van der Waals surface area contributed by atoms with Crippen LogP contribution in [-0.4, -0.2) is 30.1 Å². The number of nitriles is 1. The van der Waals surface area contributed by atoms with Crippen molar-refractivity contribution in [1.29, 1.82) is 5.26 Å². The first-order valence-corrected chi connectivity index (χ1v) is 7.07. The molecule has 0 saturated heterocycles. The topological polar surface area (TPSA) is 114 Å². The molecule has 1 aromatic rings. The lowest BCUT2D eigenvalue weighted by Crippen LogP contribution is -2.48. The SMILES string of the molecule is COc1ccc(OCC(=O)N[C@@](C)(C#N)C2CC2)c([N+](=O)[O-])c1. The Morgan fingerprint density at radius 3 is 2.78 bits per heavy atom. The minimum absolute atomic E-state index is 0.0315. The smallest absolute Gasteiger partial charge is 0.314 e. The van der Waals surface area contributed by atoms with Crippen LogP contribution in [0.15, 0.2) is 18.2 Å². The lowest BCUT2D eigenvalue weighted by molar-refractivity contribution is -0.385. The number of carbonyl (C=O) groups excluding carboxylic acids is 1. The van der Waals surface area contributed by atoms with Crippen molar-refractivity contribution >= 4 is 11.6 Å². The van der Waals surface area contributed by atoms with E-state index < -0.39 is 23.0 Å². The average molecular weight is 319 g/mol. The number of amides is 1. The van der Waals surface area contributed by atoms with Crippen molar-refractivity contribution in [2.75, 3.05) is 13.7 Å². The lowest BCUT2D eigenvalue weighted by Gasteiger charge is -2.22. The lowest BCUT2D eigenvalue weighted by atomic mass is 9.98. The van der Waals surface area contributed by atoms with Gasteiger partial charge < -0.3 is 14.8 Å². The van der Waals surface area contributed by atoms with E-state index in [0.29, 0.717) is 5.75 Å². The van der Waals surface area contributed by atoms with Gasteiger partial charge in [0.15, 0.2) is 12.4 Å². The summed E-state index contributed by atoms with van der Waals surface area (Å²) in [5, 5.41) is 22.9. The quantitative estimate of drug-likeness (QED) is 0.605. The molecule has 0 aliphatic heterocycles. The van der Waals surface area contributed by atoms with Crippen molar-refractivity contribution in [3.63, 3.8) is 0 Å². The fourth-order valence-electron chi connectivity index (χ4n) is 2.24. The molecule has 2 rings (SSSR count). The van der Waals surface area contributed by atoms with Gasteiger partial charge in [-0.2, -0.15) is 5.26 Å². The van der Waals surface area contributed by atoms with Gasteiger partial charge in [-0.05, 0) is 37.8 Å². The number of hydrogen-bond acceptors (Lipinski definition) is 6. The Labute approximate surface area is 133 Å². The summed E-state index contributed by atoms with van der Waals surface area (Å²) >= 11 is 0. The molecule has 8 nitrogen and oxygen atoms in total. The molecule has 1 aliphatic rings. The molecular formula is C15H17N3O5. The normalized spacial score (nSPS) is 15.9. The zero-order valence-electron chi connectivity index (χ0n) is 12.9. The Morgan fingerprint density at radius 1 is 1.57 bits per heavy atom. The zero-order valence-corrected chi connectivity index (χ0v) is 12.9. The minimum atomic E-state index is -0.924. The molecule has 1 aromatic carbocycles. The van der Waals surface area contributed by atoms with Gasteiger partial charge in [-0.25, -0.2) is 0 Å². The van der Waals surface area contributed by atoms with Crippen molar-refractivity contribution < 1.29 is 19.2 Å². The number of ether oxygens (including phenoxy) is 2. The van der Waals surface area contributed by atoms with E-state index in [1.165, 1.54) is 25.3 Å². The van der Waals surface area contributed by atoms with Crippen LogP contribution < -0.4 is 14.8 Å². The van der Waals surface area contributed by atoms with Gasteiger partial charge >= 0.3 is 5.69 Å². The molecule has 1 N–H and O–H groups in total. The molecule has 1 fully saturated rings. The highest BCUT2D eigenvalue weighted by Gasteiger charge is 2.43. The minimum Gasteiger partial charge on any atom is -0.496 e. The molecule has 0 spiro atoms. The van der Waals surface area contributed by atoms with Gasteiger partial charge in [0.1, 0.15) is 11.3 Å². The second-order valence-corrected chi connectivity index (χ2v) is 5.52. The fraction of sp³-hybridized carbons (Fsp3) is 0.467. The zero-order chi connectivity index (χ0) is 17.0. The Morgan fingerprint density at radius 2 is 2.26 bits per heavy atom. The van der Waals surface area contributed by atoms with Crippen LogP contribution in [0.1, 0.15) is 19.8 Å². The van der Waals surface area contributed by atoms with Crippen LogP contribution >= 0.6 is 0 Å². The maximum atomic E-state index is 11.9. The van der Waals surface area contributed by atoms with Gasteiger partial charge in [-0.3, -0.25) is 14.9 Å². The Bertz CT molecular complexity index is 666. The molecule has 122 valence electrons. The summed E-state index contributed by atoms with van der Waals surface area (Å²) < 4.78 is 10.2. The maximum Gasteiger partial charge on any atom is 0.314 e. The number of nitrogens with one attached hydrogen (secondary N) is 1. The van der Waals surface area contributed by atoms with Gasteiger partial charge in [-0.15, -0.1) is 0 Å². The molecule has 1 amide bonds. The molecule has 0 bridgehead atoms. The molecule has 1 aliphatic carbocycles. The van der Waals surface area contributed by atoms with E-state index in [1.54, 1.807) is 6.92 Å². The van der Waals surface area contributed by atoms with Gasteiger partial charge in [0.2, 0.25) is 0 Å². The summed E-state index contributed by atoms with van der Waals surface area (Å²) in [6, 6.07) is 6.19. The van der Waals surface area contributed by atoms with E-state index in [2.05, 4.69) is 11.4 Å². The third kappa shape index (κ3) is 3.88. The highest BCUT2D eigenvalue weighted by molar-refractivity contribution is 5.79. The molecular weight excluding hydrogens is 302 g/mol. The number of rotatable bonds is 7. The summed E-state index contributed by atoms with van der Waals surface area (Å²) in [6.45, 7) is 1.26. The molecule has 8 heteroatoms. The largest absolute Gasteiger partial charge is 0.496 e. The van der Waals surface area contributed by atoms with E-state index in [1.807, 2.05) is 0 Å². The second kappa shape index (κ2) is 6.52. The molecule has 0 radical (unpaired) electrons. The summed E-state index contributed by atoms with van der Waals surface area (Å²) in [6.07, 6.45) is 1.80. The molecule has 1 atom stereocenters. The number of nitro benzene ring substituents is 1. The summed E-state index contributed by atoms with van der Waals surface area (Å²) in [7, 11) is 1.40. The highest BCUT2D eigenvalue weighted by Crippen LogP contribution is 2.39. The first kappa shape index (κ1) is 16.5. The van der Waals surface area contributed by atoms with Crippen molar-refractivity contribution in [2.24, 2.45) is 5.92 Å². The molecule has 1 saturated carbocycles. The van der Waals surface area contributed by atoms with Crippen LogP contribution in [0.2, 0.25) is 0 Å². The number of carbonyl (C=O) groups is 1. The summed E-state index contributed by atoms with van der Waals surface area (Å²) in [5.74, 6) is -0.0619. The number of methoxy groups -OCH3 is 1. The van der Waals surface area contributed by atoms with Crippen LogP contribution in [0, 0.1) is 27.4 Å². The van der Waals surface area contributed by atoms with Crippen LogP contribution in [0.3, 0.4) is 0 Å². The van der Waals surface area contributed by atoms with Gasteiger partial charge in [0, 0.05) is 0 Å². The van der Waals surface area contributed by atoms with Crippen molar-refractivity contribution in [3.8, 4) is 17.6 Å². The third-order valence-electron chi connectivity index (χ3n) is 3.75. The Kier molecular flexibility index (Phi) is 4.69. The van der Waals surface area contributed by atoms with E-state index >= 15 is 0 Å². The Balaban J connectivity index is 2.01. The monoisotopic (exact) mass is 319 g/mol. The fourth-order valence-corrected chi connectivity index (χ4v) is 2.24. The number of nitrogens with zero attached hydrogens (tertiary/aromatic N) is 2. The first-order valence-electron chi connectivity index (χ1n) is 7.07. The van der Waals surface area contributed by atoms with Crippen LogP contribution in [-0.2, 0) is 4.79 Å². The Hall–Kier alpha value is -2.82.